The number of rotatable bonds is 1. The first-order valence-electron chi connectivity index (χ1n) is 3.16. The number of carbonyl (C=O) groups excluding carboxylic acids is 1. The lowest BCUT2D eigenvalue weighted by Gasteiger charge is -2.00. The average molecular weight is 195 g/mol. The number of aromatic amines is 1. The lowest BCUT2D eigenvalue weighted by atomic mass is 10.3. The standard InChI is InChI=1S/C6H5N5OS/c7-1-2-6(13)11-4(8)3(10-2)5(9)12/h(H2,9,12)(H3,8,11,13). The average Bonchev–Trinajstić information content (AvgIpc) is 2.03. The molecule has 1 aromatic heterocycles. The molecule has 0 saturated heterocycles. The van der Waals surface area contributed by atoms with Gasteiger partial charge in [-0.15, -0.1) is 0 Å². The van der Waals surface area contributed by atoms with Crippen LogP contribution in [0.25, 0.3) is 0 Å². The molecule has 7 heteroatoms. The molecule has 0 aliphatic heterocycles. The summed E-state index contributed by atoms with van der Waals surface area (Å²) in [6.45, 7) is 0. The summed E-state index contributed by atoms with van der Waals surface area (Å²) >= 11 is 4.71. The maximum atomic E-state index is 10.7. The number of nitrogen functional groups attached to an aromatic ring is 1. The summed E-state index contributed by atoms with van der Waals surface area (Å²) < 4.78 is 0.0880. The summed E-state index contributed by atoms with van der Waals surface area (Å²) in [5.41, 5.74) is 10.0. The molecule has 1 heterocycles. The normalized spacial score (nSPS) is 9.15. The maximum Gasteiger partial charge on any atom is 0.271 e. The van der Waals surface area contributed by atoms with Crippen LogP contribution in [0.15, 0.2) is 0 Å². The first-order valence-corrected chi connectivity index (χ1v) is 3.56. The summed E-state index contributed by atoms with van der Waals surface area (Å²) in [5, 5.41) is 8.52. The van der Waals surface area contributed by atoms with E-state index >= 15 is 0 Å². The SMILES string of the molecule is N#Cc1nc(C(N)=O)c(N)[nH]c1=S. The number of hydrogen-bond acceptors (Lipinski definition) is 5. The highest BCUT2D eigenvalue weighted by atomic mass is 32.1. The molecule has 1 rings (SSSR count). The Morgan fingerprint density at radius 1 is 1.69 bits per heavy atom. The van der Waals surface area contributed by atoms with Crippen LogP contribution in [0.2, 0.25) is 0 Å². The number of H-pyrrole nitrogens is 1. The van der Waals surface area contributed by atoms with Gasteiger partial charge in [0.25, 0.3) is 5.91 Å². The van der Waals surface area contributed by atoms with E-state index in [0.29, 0.717) is 0 Å². The molecule has 0 unspecified atom stereocenters. The Kier molecular flexibility index (Phi) is 2.25. The number of nitrogens with two attached hydrogens (primary N) is 2. The Balaban J connectivity index is 3.51. The maximum absolute atomic E-state index is 10.7. The molecule has 0 radical (unpaired) electrons. The van der Waals surface area contributed by atoms with Gasteiger partial charge in [0, 0.05) is 0 Å². The van der Waals surface area contributed by atoms with Crippen molar-refractivity contribution in [1.29, 1.82) is 5.26 Å². The molecule has 0 aliphatic carbocycles. The number of aromatic nitrogens is 2. The van der Waals surface area contributed by atoms with Crippen molar-refractivity contribution in [3.8, 4) is 6.07 Å². The van der Waals surface area contributed by atoms with Gasteiger partial charge in [0.05, 0.1) is 0 Å². The molecule has 0 bridgehead atoms. The van der Waals surface area contributed by atoms with Crippen molar-refractivity contribution in [2.45, 2.75) is 0 Å². The molecular weight excluding hydrogens is 190 g/mol. The first-order chi connectivity index (χ1) is 6.06. The fourth-order valence-corrected chi connectivity index (χ4v) is 0.928. The quantitative estimate of drug-likeness (QED) is 0.530. The number of nitrogens with zero attached hydrogens (tertiary/aromatic N) is 2. The van der Waals surface area contributed by atoms with Crippen molar-refractivity contribution in [2.75, 3.05) is 5.73 Å². The minimum absolute atomic E-state index is 0.0310. The van der Waals surface area contributed by atoms with Gasteiger partial charge in [0.2, 0.25) is 0 Å². The molecule has 1 amide bonds. The molecule has 0 saturated carbocycles. The van der Waals surface area contributed by atoms with Crippen molar-refractivity contribution in [3.63, 3.8) is 0 Å². The Morgan fingerprint density at radius 3 is 2.77 bits per heavy atom. The zero-order valence-electron chi connectivity index (χ0n) is 6.37. The topological polar surface area (TPSA) is 122 Å². The van der Waals surface area contributed by atoms with Crippen molar-refractivity contribution in [3.05, 3.63) is 16.0 Å². The highest BCUT2D eigenvalue weighted by Crippen LogP contribution is 2.06. The van der Waals surface area contributed by atoms with Gasteiger partial charge in [-0.3, -0.25) is 4.79 Å². The zero-order chi connectivity index (χ0) is 10.0. The van der Waals surface area contributed by atoms with E-state index in [1.165, 1.54) is 0 Å². The molecule has 0 atom stereocenters. The van der Waals surface area contributed by atoms with Crippen LogP contribution in [0.3, 0.4) is 0 Å². The van der Waals surface area contributed by atoms with Crippen LogP contribution in [-0.4, -0.2) is 15.9 Å². The first kappa shape index (κ1) is 9.15. The second-order valence-electron chi connectivity index (χ2n) is 2.15. The predicted octanol–water partition coefficient (Wildman–Crippen LogP) is -0.308. The van der Waals surface area contributed by atoms with E-state index in [4.69, 9.17) is 28.9 Å². The minimum atomic E-state index is -0.805. The van der Waals surface area contributed by atoms with Gasteiger partial charge in [-0.25, -0.2) is 4.98 Å². The Bertz CT molecular complexity index is 457. The predicted molar refractivity (Wildman–Crippen MR) is 47.1 cm³/mol. The smallest absolute Gasteiger partial charge is 0.271 e. The van der Waals surface area contributed by atoms with E-state index in [0.717, 1.165) is 0 Å². The van der Waals surface area contributed by atoms with E-state index in [-0.39, 0.29) is 21.8 Å². The number of nitrogens with one attached hydrogen (secondary N) is 1. The summed E-state index contributed by atoms with van der Waals surface area (Å²) in [6.07, 6.45) is 0. The number of anilines is 1. The van der Waals surface area contributed by atoms with Crippen LogP contribution in [0.5, 0.6) is 0 Å². The van der Waals surface area contributed by atoms with E-state index in [1.807, 2.05) is 0 Å². The van der Waals surface area contributed by atoms with Crippen molar-refractivity contribution in [1.82, 2.24) is 9.97 Å². The van der Waals surface area contributed by atoms with Crippen LogP contribution in [0, 0.1) is 16.0 Å². The largest absolute Gasteiger partial charge is 0.383 e. The number of nitriles is 1. The number of primary amides is 1. The van der Waals surface area contributed by atoms with Crippen LogP contribution >= 0.6 is 12.2 Å². The third-order valence-electron chi connectivity index (χ3n) is 1.28. The monoisotopic (exact) mass is 195 g/mol. The zero-order valence-corrected chi connectivity index (χ0v) is 7.18. The summed E-state index contributed by atoms with van der Waals surface area (Å²) in [6, 6.07) is 1.71. The molecule has 5 N–H and O–H groups in total. The fourth-order valence-electron chi connectivity index (χ4n) is 0.727. The molecule has 0 aromatic carbocycles. The van der Waals surface area contributed by atoms with Gasteiger partial charge in [0.1, 0.15) is 16.5 Å². The van der Waals surface area contributed by atoms with Crippen molar-refractivity contribution in [2.24, 2.45) is 5.73 Å². The summed E-state index contributed by atoms with van der Waals surface area (Å²) in [5.74, 6) is -0.836. The lowest BCUT2D eigenvalue weighted by molar-refractivity contribution is 0.0996. The highest BCUT2D eigenvalue weighted by molar-refractivity contribution is 7.71. The van der Waals surface area contributed by atoms with E-state index in [9.17, 15) is 4.79 Å². The van der Waals surface area contributed by atoms with Gasteiger partial charge >= 0.3 is 0 Å². The second-order valence-corrected chi connectivity index (χ2v) is 2.56. The molecule has 66 valence electrons. The molecule has 0 spiro atoms. The van der Waals surface area contributed by atoms with Gasteiger partial charge in [0.15, 0.2) is 11.4 Å². The number of amides is 1. The van der Waals surface area contributed by atoms with Gasteiger partial charge in [-0.05, 0) is 0 Å². The van der Waals surface area contributed by atoms with Crippen LogP contribution in [-0.2, 0) is 0 Å². The third kappa shape index (κ3) is 1.62. The van der Waals surface area contributed by atoms with Crippen LogP contribution < -0.4 is 11.5 Å². The minimum Gasteiger partial charge on any atom is -0.383 e. The molecule has 6 nitrogen and oxygen atoms in total. The van der Waals surface area contributed by atoms with E-state index < -0.39 is 5.91 Å². The van der Waals surface area contributed by atoms with Crippen LogP contribution in [0.4, 0.5) is 5.82 Å². The number of hydrogen-bond donors (Lipinski definition) is 3. The van der Waals surface area contributed by atoms with Gasteiger partial charge in [-0.2, -0.15) is 5.26 Å². The Morgan fingerprint density at radius 2 is 2.31 bits per heavy atom. The van der Waals surface area contributed by atoms with Crippen molar-refractivity contribution >= 4 is 23.9 Å². The highest BCUT2D eigenvalue weighted by Gasteiger charge is 2.10. The molecule has 1 aromatic rings. The Hall–Kier alpha value is -1.94. The van der Waals surface area contributed by atoms with E-state index in [1.54, 1.807) is 6.07 Å². The van der Waals surface area contributed by atoms with E-state index in [2.05, 4.69) is 9.97 Å². The molecule has 0 fully saturated rings. The molecular formula is C6H5N5OS. The second kappa shape index (κ2) is 3.20. The van der Waals surface area contributed by atoms with Crippen LogP contribution in [0.1, 0.15) is 16.2 Å². The Labute approximate surface area is 78.2 Å². The fraction of sp³-hybridized carbons (Fsp3) is 0. The number of carbonyl (C=O) groups is 1. The van der Waals surface area contributed by atoms with Gasteiger partial charge in [-0.1, -0.05) is 12.2 Å². The third-order valence-corrected chi connectivity index (χ3v) is 1.58. The molecule has 13 heavy (non-hydrogen) atoms. The van der Waals surface area contributed by atoms with Crippen molar-refractivity contribution < 1.29 is 4.79 Å². The summed E-state index contributed by atoms with van der Waals surface area (Å²) in [4.78, 5) is 16.8. The van der Waals surface area contributed by atoms with Gasteiger partial charge < -0.3 is 16.5 Å². The molecule has 0 aliphatic rings. The summed E-state index contributed by atoms with van der Waals surface area (Å²) in [7, 11) is 0. The lowest BCUT2D eigenvalue weighted by Crippen LogP contribution is -2.17.